The third kappa shape index (κ3) is 2.38. The van der Waals surface area contributed by atoms with E-state index in [1.807, 2.05) is 5.38 Å². The minimum atomic E-state index is -0.491. The normalized spacial score (nSPS) is 10.0. The lowest BCUT2D eigenvalue weighted by Gasteiger charge is -2.07. The monoisotopic (exact) mass is 234 g/mol. The Morgan fingerprint density at radius 1 is 1.44 bits per heavy atom. The van der Waals surface area contributed by atoms with E-state index < -0.39 is 5.91 Å². The van der Waals surface area contributed by atoms with Gasteiger partial charge in [0.25, 0.3) is 5.91 Å². The molecule has 0 aliphatic carbocycles. The van der Waals surface area contributed by atoms with E-state index in [4.69, 9.17) is 10.5 Å². The van der Waals surface area contributed by atoms with Crippen molar-refractivity contribution in [2.75, 3.05) is 0 Å². The van der Waals surface area contributed by atoms with Crippen LogP contribution in [0.1, 0.15) is 15.4 Å². The van der Waals surface area contributed by atoms with Gasteiger partial charge in [-0.15, -0.1) is 11.3 Å². The van der Waals surface area contributed by atoms with E-state index in [1.54, 1.807) is 30.5 Å². The Morgan fingerprint density at radius 2 is 2.25 bits per heavy atom. The maximum absolute atomic E-state index is 11.1. The molecule has 2 rings (SSSR count). The van der Waals surface area contributed by atoms with E-state index >= 15 is 0 Å². The van der Waals surface area contributed by atoms with Crippen LogP contribution in [0.5, 0.6) is 5.75 Å². The lowest BCUT2D eigenvalue weighted by molar-refractivity contribution is 0.0996. The molecule has 1 amide bonds. The second kappa shape index (κ2) is 4.76. The highest BCUT2D eigenvalue weighted by molar-refractivity contribution is 7.09. The van der Waals surface area contributed by atoms with Crippen LogP contribution in [0.15, 0.2) is 35.8 Å². The molecule has 0 atom stereocenters. The Bertz CT molecular complexity index is 482. The van der Waals surface area contributed by atoms with Crippen molar-refractivity contribution in [2.45, 2.75) is 6.61 Å². The van der Waals surface area contributed by atoms with Crippen LogP contribution >= 0.6 is 11.3 Å². The average Bonchev–Trinajstić information content (AvgIpc) is 2.79. The number of aromatic nitrogens is 1. The number of amides is 1. The summed E-state index contributed by atoms with van der Waals surface area (Å²) >= 11 is 1.50. The number of ether oxygens (including phenoxy) is 1. The van der Waals surface area contributed by atoms with E-state index in [9.17, 15) is 4.79 Å². The molecule has 0 aliphatic rings. The fraction of sp³-hybridized carbons (Fsp3) is 0.0909. The van der Waals surface area contributed by atoms with Gasteiger partial charge in [0, 0.05) is 11.6 Å². The van der Waals surface area contributed by atoms with Crippen LogP contribution in [0.2, 0.25) is 0 Å². The van der Waals surface area contributed by atoms with Crippen LogP contribution < -0.4 is 10.5 Å². The Labute approximate surface area is 96.7 Å². The zero-order valence-corrected chi connectivity index (χ0v) is 9.24. The number of carbonyl (C=O) groups excluding carboxylic acids is 1. The van der Waals surface area contributed by atoms with Crippen LogP contribution in [0.25, 0.3) is 0 Å². The first-order chi connectivity index (χ1) is 7.77. The molecule has 2 aromatic rings. The Balaban J connectivity index is 2.12. The highest BCUT2D eigenvalue weighted by atomic mass is 32.1. The van der Waals surface area contributed by atoms with Crippen molar-refractivity contribution < 1.29 is 9.53 Å². The molecule has 0 unspecified atom stereocenters. The summed E-state index contributed by atoms with van der Waals surface area (Å²) in [6.07, 6.45) is 1.71. The third-order valence-corrected chi connectivity index (χ3v) is 2.74. The molecule has 0 spiro atoms. The summed E-state index contributed by atoms with van der Waals surface area (Å²) in [6, 6.07) is 6.90. The number of nitrogens with zero attached hydrogens (tertiary/aromatic N) is 1. The van der Waals surface area contributed by atoms with Crippen LogP contribution in [-0.4, -0.2) is 10.9 Å². The predicted octanol–water partition coefficient (Wildman–Crippen LogP) is 1.82. The van der Waals surface area contributed by atoms with E-state index in [1.165, 1.54) is 11.3 Å². The summed E-state index contributed by atoms with van der Waals surface area (Å²) in [5, 5.41) is 2.73. The van der Waals surface area contributed by atoms with Crippen molar-refractivity contribution in [2.24, 2.45) is 5.73 Å². The minimum Gasteiger partial charge on any atom is -0.486 e. The molecule has 2 N–H and O–H groups in total. The van der Waals surface area contributed by atoms with Gasteiger partial charge in [-0.1, -0.05) is 12.1 Å². The molecular formula is C11H10N2O2S. The summed E-state index contributed by atoms with van der Waals surface area (Å²) in [7, 11) is 0. The lowest BCUT2D eigenvalue weighted by atomic mass is 10.2. The smallest absolute Gasteiger partial charge is 0.252 e. The first-order valence-corrected chi connectivity index (χ1v) is 5.55. The van der Waals surface area contributed by atoms with Crippen LogP contribution in [-0.2, 0) is 6.61 Å². The van der Waals surface area contributed by atoms with Crippen molar-refractivity contribution >= 4 is 17.2 Å². The lowest BCUT2D eigenvalue weighted by Crippen LogP contribution is -2.12. The van der Waals surface area contributed by atoms with E-state index in [0.29, 0.717) is 17.9 Å². The van der Waals surface area contributed by atoms with Crippen molar-refractivity contribution in [1.29, 1.82) is 0 Å². The molecule has 1 aromatic heterocycles. The van der Waals surface area contributed by atoms with Crippen molar-refractivity contribution in [1.82, 2.24) is 4.98 Å². The molecule has 4 nitrogen and oxygen atoms in total. The summed E-state index contributed by atoms with van der Waals surface area (Å²) in [4.78, 5) is 15.2. The van der Waals surface area contributed by atoms with Gasteiger partial charge in [0.1, 0.15) is 17.4 Å². The van der Waals surface area contributed by atoms with Gasteiger partial charge in [0.2, 0.25) is 0 Å². The quantitative estimate of drug-likeness (QED) is 0.877. The van der Waals surface area contributed by atoms with E-state index in [0.717, 1.165) is 5.01 Å². The van der Waals surface area contributed by atoms with Crippen molar-refractivity contribution in [3.63, 3.8) is 0 Å². The topological polar surface area (TPSA) is 65.2 Å². The fourth-order valence-electron chi connectivity index (χ4n) is 1.26. The standard InChI is InChI=1S/C11H10N2O2S/c12-11(14)8-3-1-2-4-9(8)15-7-10-13-5-6-16-10/h1-6H,7H2,(H2,12,14). The van der Waals surface area contributed by atoms with E-state index in [2.05, 4.69) is 4.98 Å². The molecule has 0 fully saturated rings. The zero-order valence-electron chi connectivity index (χ0n) is 8.42. The maximum atomic E-state index is 11.1. The molecular weight excluding hydrogens is 224 g/mol. The minimum absolute atomic E-state index is 0.349. The highest BCUT2D eigenvalue weighted by Crippen LogP contribution is 2.19. The number of thiazole rings is 1. The highest BCUT2D eigenvalue weighted by Gasteiger charge is 2.08. The number of hydrogen-bond acceptors (Lipinski definition) is 4. The number of para-hydroxylation sites is 1. The Morgan fingerprint density at radius 3 is 2.94 bits per heavy atom. The van der Waals surface area contributed by atoms with Gasteiger partial charge in [-0.3, -0.25) is 4.79 Å². The number of nitrogens with two attached hydrogens (primary N) is 1. The molecule has 0 saturated heterocycles. The number of carbonyl (C=O) groups is 1. The second-order valence-corrected chi connectivity index (χ2v) is 4.05. The average molecular weight is 234 g/mol. The van der Waals surface area contributed by atoms with Gasteiger partial charge in [-0.2, -0.15) is 0 Å². The molecule has 0 bridgehead atoms. The second-order valence-electron chi connectivity index (χ2n) is 3.07. The molecule has 0 radical (unpaired) electrons. The molecule has 82 valence electrons. The molecule has 0 saturated carbocycles. The van der Waals surface area contributed by atoms with Crippen LogP contribution in [0.3, 0.4) is 0 Å². The van der Waals surface area contributed by atoms with Gasteiger partial charge in [-0.25, -0.2) is 4.98 Å². The molecule has 1 aromatic carbocycles. The van der Waals surface area contributed by atoms with Gasteiger partial charge in [0.05, 0.1) is 5.56 Å². The largest absolute Gasteiger partial charge is 0.486 e. The van der Waals surface area contributed by atoms with Crippen molar-refractivity contribution in [3.05, 3.63) is 46.4 Å². The molecule has 0 aliphatic heterocycles. The third-order valence-electron chi connectivity index (χ3n) is 1.99. The first kappa shape index (κ1) is 10.6. The fourth-order valence-corrected chi connectivity index (χ4v) is 1.79. The van der Waals surface area contributed by atoms with Crippen molar-refractivity contribution in [3.8, 4) is 5.75 Å². The van der Waals surface area contributed by atoms with Gasteiger partial charge in [0.15, 0.2) is 0 Å². The predicted molar refractivity (Wildman–Crippen MR) is 61.4 cm³/mol. The summed E-state index contributed by atoms with van der Waals surface area (Å²) < 4.78 is 5.49. The number of rotatable bonds is 4. The van der Waals surface area contributed by atoms with Crippen LogP contribution in [0.4, 0.5) is 0 Å². The maximum Gasteiger partial charge on any atom is 0.252 e. The van der Waals surface area contributed by atoms with Gasteiger partial charge in [-0.05, 0) is 12.1 Å². The molecule has 1 heterocycles. The van der Waals surface area contributed by atoms with Gasteiger partial charge < -0.3 is 10.5 Å². The molecule has 5 heteroatoms. The Hall–Kier alpha value is -1.88. The van der Waals surface area contributed by atoms with Crippen LogP contribution in [0, 0.1) is 0 Å². The summed E-state index contributed by atoms with van der Waals surface area (Å²) in [6.45, 7) is 0.349. The van der Waals surface area contributed by atoms with E-state index in [-0.39, 0.29) is 0 Å². The number of hydrogen-bond donors (Lipinski definition) is 1. The van der Waals surface area contributed by atoms with Gasteiger partial charge >= 0.3 is 0 Å². The SMILES string of the molecule is NC(=O)c1ccccc1OCc1nccs1. The zero-order chi connectivity index (χ0) is 11.4. The summed E-state index contributed by atoms with van der Waals surface area (Å²) in [5.74, 6) is -0.0000567. The summed E-state index contributed by atoms with van der Waals surface area (Å²) in [5.41, 5.74) is 5.62. The Kier molecular flexibility index (Phi) is 3.16. The number of primary amides is 1. The first-order valence-electron chi connectivity index (χ1n) is 4.67. The molecule has 16 heavy (non-hydrogen) atoms. The number of benzene rings is 1.